The zero-order chi connectivity index (χ0) is 24.9. The molecule has 11 nitrogen and oxygen atoms in total. The average Bonchev–Trinajstić information content (AvgIpc) is 3.32. The molecule has 0 bridgehead atoms. The molecule has 3 aromatic rings. The highest BCUT2D eigenvalue weighted by Gasteiger charge is 2.34. The maximum absolute atomic E-state index is 14.7. The number of amides is 1. The lowest BCUT2D eigenvalue weighted by molar-refractivity contribution is -0.143. The topological polar surface area (TPSA) is 157 Å². The molecule has 182 valence electrons. The number of thiazole rings is 1. The first-order valence-electron chi connectivity index (χ1n) is 10.7. The second-order valence-electron chi connectivity index (χ2n) is 7.79. The van der Waals surface area contributed by atoms with Crippen molar-refractivity contribution in [3.05, 3.63) is 41.3 Å². The van der Waals surface area contributed by atoms with Gasteiger partial charge in [-0.3, -0.25) is 4.79 Å². The molecule has 1 saturated heterocycles. The highest BCUT2D eigenvalue weighted by atomic mass is 32.1. The second kappa shape index (κ2) is 10.7. The number of aromatic nitrogens is 4. The number of anilines is 2. The Bertz CT molecular complexity index is 1250. The third-order valence-electron chi connectivity index (χ3n) is 5.38. The van der Waals surface area contributed by atoms with Crippen LogP contribution in [0.2, 0.25) is 0 Å². The van der Waals surface area contributed by atoms with Crippen molar-refractivity contribution < 1.29 is 24.1 Å². The molecule has 0 spiro atoms. The number of ether oxygens (including phenoxy) is 1. The van der Waals surface area contributed by atoms with E-state index in [9.17, 15) is 24.7 Å². The molecule has 3 heterocycles. The Balaban J connectivity index is 1.48. The minimum atomic E-state index is -1.47. The number of nitrogens with one attached hydrogen (secondary N) is 1. The number of benzene rings is 1. The minimum absolute atomic E-state index is 0.178. The summed E-state index contributed by atoms with van der Waals surface area (Å²) in [4.78, 5) is 29.8. The van der Waals surface area contributed by atoms with Gasteiger partial charge in [0.25, 0.3) is 5.91 Å². The van der Waals surface area contributed by atoms with Gasteiger partial charge in [-0.25, -0.2) is 19.3 Å². The van der Waals surface area contributed by atoms with Gasteiger partial charge in [0.15, 0.2) is 12.0 Å². The van der Waals surface area contributed by atoms with Crippen molar-refractivity contribution >= 4 is 28.2 Å². The number of hydrogen-bond acceptors (Lipinski definition) is 11. The molecule has 13 heteroatoms. The third-order valence-corrected chi connectivity index (χ3v) is 6.16. The molecule has 3 atom stereocenters. The number of nitriles is 1. The van der Waals surface area contributed by atoms with Gasteiger partial charge in [-0.1, -0.05) is 0 Å². The van der Waals surface area contributed by atoms with Crippen molar-refractivity contribution in [2.24, 2.45) is 0 Å². The fraction of sp³-hybridized carbons (Fsp3) is 0.364. The summed E-state index contributed by atoms with van der Waals surface area (Å²) in [6.45, 7) is 1.17. The second-order valence-corrected chi connectivity index (χ2v) is 8.64. The minimum Gasteiger partial charge on any atom is -0.486 e. The first-order valence-corrected chi connectivity index (χ1v) is 11.6. The number of aliphatic hydroxyl groups excluding tert-OH is 2. The Labute approximate surface area is 203 Å². The molecule has 1 aromatic carbocycles. The van der Waals surface area contributed by atoms with E-state index in [1.54, 1.807) is 23.7 Å². The van der Waals surface area contributed by atoms with Crippen molar-refractivity contribution in [3.63, 3.8) is 0 Å². The van der Waals surface area contributed by atoms with Crippen LogP contribution < -0.4 is 10.1 Å². The number of halogens is 1. The highest BCUT2D eigenvalue weighted by molar-refractivity contribution is 7.14. The van der Waals surface area contributed by atoms with Gasteiger partial charge in [0.1, 0.15) is 41.0 Å². The molecule has 2 aromatic heterocycles. The number of piperidine rings is 1. The van der Waals surface area contributed by atoms with Crippen LogP contribution in [0.25, 0.3) is 11.4 Å². The van der Waals surface area contributed by atoms with Crippen molar-refractivity contribution in [2.75, 3.05) is 18.4 Å². The molecule has 35 heavy (non-hydrogen) atoms. The Morgan fingerprint density at radius 3 is 2.97 bits per heavy atom. The van der Waals surface area contributed by atoms with Crippen LogP contribution >= 0.6 is 11.3 Å². The standard InChI is InChI=1S/C22H22FN7O4S/c1-12(32)21(33)30-5-4-18(15(23)8-30)34-17-3-2-13(6-14(17)7-24)19-25-10-26-22(28-19)29-20-16(9-31)27-11-35-20/h2-3,6,10-12,15,18,31-32H,4-5,8-9H2,1H3,(H,25,26,28,29)/t12?,15-,18+/m1/s1. The van der Waals surface area contributed by atoms with E-state index in [1.807, 2.05) is 0 Å². The summed E-state index contributed by atoms with van der Waals surface area (Å²) >= 11 is 1.29. The van der Waals surface area contributed by atoms with E-state index in [0.717, 1.165) is 0 Å². The predicted molar refractivity (Wildman–Crippen MR) is 123 cm³/mol. The number of carbonyl (C=O) groups excluding carboxylic acids is 1. The number of hydrogen-bond donors (Lipinski definition) is 3. The van der Waals surface area contributed by atoms with Gasteiger partial charge < -0.3 is 25.2 Å². The molecule has 1 fully saturated rings. The maximum Gasteiger partial charge on any atom is 0.251 e. The smallest absolute Gasteiger partial charge is 0.251 e. The molecule has 1 aliphatic rings. The quantitative estimate of drug-likeness (QED) is 0.438. The molecule has 0 aliphatic carbocycles. The van der Waals surface area contributed by atoms with Crippen LogP contribution in [0.15, 0.2) is 30.0 Å². The summed E-state index contributed by atoms with van der Waals surface area (Å²) in [7, 11) is 0. The van der Waals surface area contributed by atoms with E-state index in [-0.39, 0.29) is 43.4 Å². The number of carbonyl (C=O) groups is 1. The maximum atomic E-state index is 14.7. The van der Waals surface area contributed by atoms with Gasteiger partial charge >= 0.3 is 0 Å². The van der Waals surface area contributed by atoms with E-state index < -0.39 is 24.3 Å². The van der Waals surface area contributed by atoms with Gasteiger partial charge in [0.05, 0.1) is 24.2 Å². The van der Waals surface area contributed by atoms with Crippen LogP contribution in [0.4, 0.5) is 15.3 Å². The van der Waals surface area contributed by atoms with E-state index in [4.69, 9.17) is 4.74 Å². The first-order chi connectivity index (χ1) is 16.9. The SMILES string of the molecule is CC(O)C(=O)N1CC[C@H](Oc2ccc(-c3ncnc(Nc4scnc4CO)n3)cc2C#N)[C@H](F)C1. The molecule has 3 N–H and O–H groups in total. The average molecular weight is 500 g/mol. The molecule has 0 radical (unpaired) electrons. The van der Waals surface area contributed by atoms with Gasteiger partial charge in [0.2, 0.25) is 5.95 Å². The van der Waals surface area contributed by atoms with Gasteiger partial charge in [-0.15, -0.1) is 11.3 Å². The van der Waals surface area contributed by atoms with Crippen LogP contribution in [0.5, 0.6) is 5.75 Å². The van der Waals surface area contributed by atoms with Crippen LogP contribution in [-0.4, -0.2) is 72.4 Å². The van der Waals surface area contributed by atoms with E-state index >= 15 is 0 Å². The summed E-state index contributed by atoms with van der Waals surface area (Å²) < 4.78 is 20.5. The normalized spacial score (nSPS) is 18.5. The lowest BCUT2D eigenvalue weighted by atomic mass is 10.0. The number of aliphatic hydroxyl groups is 2. The van der Waals surface area contributed by atoms with Crippen molar-refractivity contribution in [3.8, 4) is 23.2 Å². The monoisotopic (exact) mass is 499 g/mol. The van der Waals surface area contributed by atoms with Gasteiger partial charge in [-0.05, 0) is 25.1 Å². The first kappa shape index (κ1) is 24.4. The molecular formula is C22H22FN7O4S. The molecule has 1 aliphatic heterocycles. The van der Waals surface area contributed by atoms with E-state index in [0.29, 0.717) is 22.1 Å². The molecular weight excluding hydrogens is 477 g/mol. The van der Waals surface area contributed by atoms with Crippen LogP contribution in [-0.2, 0) is 11.4 Å². The van der Waals surface area contributed by atoms with Crippen molar-refractivity contribution in [2.45, 2.75) is 38.3 Å². The van der Waals surface area contributed by atoms with Crippen LogP contribution in [0.3, 0.4) is 0 Å². The number of likely N-dealkylation sites (tertiary alicyclic amines) is 1. The Kier molecular flexibility index (Phi) is 7.45. The molecule has 0 saturated carbocycles. The largest absolute Gasteiger partial charge is 0.486 e. The number of alkyl halides is 1. The lowest BCUT2D eigenvalue weighted by Crippen LogP contribution is -2.51. The number of nitrogens with zero attached hydrogens (tertiary/aromatic N) is 6. The van der Waals surface area contributed by atoms with Gasteiger partial charge in [0, 0.05) is 18.5 Å². The fourth-order valence-corrected chi connectivity index (χ4v) is 4.27. The predicted octanol–water partition coefficient (Wildman–Crippen LogP) is 1.80. The van der Waals surface area contributed by atoms with Crippen molar-refractivity contribution in [1.82, 2.24) is 24.8 Å². The summed E-state index contributed by atoms with van der Waals surface area (Å²) in [6.07, 6.45) is -1.95. The molecule has 1 amide bonds. The van der Waals surface area contributed by atoms with Crippen LogP contribution in [0.1, 0.15) is 24.6 Å². The van der Waals surface area contributed by atoms with E-state index in [1.165, 1.54) is 29.5 Å². The molecule has 4 rings (SSSR count). The van der Waals surface area contributed by atoms with Crippen molar-refractivity contribution in [1.29, 1.82) is 5.26 Å². The summed E-state index contributed by atoms with van der Waals surface area (Å²) in [6, 6.07) is 6.80. The highest BCUT2D eigenvalue weighted by Crippen LogP contribution is 2.29. The summed E-state index contributed by atoms with van der Waals surface area (Å²) in [5.41, 5.74) is 2.76. The van der Waals surface area contributed by atoms with Crippen LogP contribution in [0, 0.1) is 11.3 Å². The Morgan fingerprint density at radius 2 is 2.26 bits per heavy atom. The molecule has 1 unspecified atom stereocenters. The van der Waals surface area contributed by atoms with Gasteiger partial charge in [-0.2, -0.15) is 10.2 Å². The fourth-order valence-electron chi connectivity index (χ4n) is 3.58. The zero-order valence-electron chi connectivity index (χ0n) is 18.6. The van der Waals surface area contributed by atoms with E-state index in [2.05, 4.69) is 31.3 Å². The summed E-state index contributed by atoms with van der Waals surface area (Å²) in [5.74, 6) is 0.228. The third kappa shape index (κ3) is 5.51. The lowest BCUT2D eigenvalue weighted by Gasteiger charge is -2.35. The Hall–Kier alpha value is -3.73. The zero-order valence-corrected chi connectivity index (χ0v) is 19.4. The summed E-state index contributed by atoms with van der Waals surface area (Å²) in [5, 5.41) is 32.0. The Morgan fingerprint density at radius 1 is 1.43 bits per heavy atom. The number of rotatable bonds is 7.